The van der Waals surface area contributed by atoms with Crippen LogP contribution in [0.15, 0.2) is 4.99 Å². The first-order valence-corrected chi connectivity index (χ1v) is 9.29. The fraction of sp³-hybridized carbons (Fsp3) is 0.944. The molecule has 0 aliphatic carbocycles. The molecule has 1 rings (SSSR count). The third kappa shape index (κ3) is 9.40. The van der Waals surface area contributed by atoms with Gasteiger partial charge >= 0.3 is 0 Å². The Bertz CT molecular complexity index is 372. The Balaban J connectivity index is 0.00000576. The maximum atomic E-state index is 5.79. The smallest absolute Gasteiger partial charge is 0.191 e. The minimum absolute atomic E-state index is 0. The van der Waals surface area contributed by atoms with E-state index in [4.69, 9.17) is 9.47 Å². The van der Waals surface area contributed by atoms with E-state index in [0.29, 0.717) is 12.0 Å². The third-order valence-corrected chi connectivity index (χ3v) is 4.62. The second-order valence-corrected chi connectivity index (χ2v) is 7.29. The molecule has 0 bridgehead atoms. The van der Waals surface area contributed by atoms with Gasteiger partial charge in [-0.15, -0.1) is 24.0 Å². The molecular formula is C18H39IN4O2. The lowest BCUT2D eigenvalue weighted by atomic mass is 10.0. The van der Waals surface area contributed by atoms with Crippen molar-refractivity contribution in [3.05, 3.63) is 0 Å². The van der Waals surface area contributed by atoms with Gasteiger partial charge < -0.3 is 20.1 Å². The van der Waals surface area contributed by atoms with E-state index in [-0.39, 0.29) is 29.5 Å². The number of rotatable bonds is 9. The molecule has 1 unspecified atom stereocenters. The Morgan fingerprint density at radius 1 is 1.24 bits per heavy atom. The SMILES string of the molecule is CCOC(CCNC(=NC)NCC(C)(C)N1CCOCC1)C(C)C.I. The lowest BCUT2D eigenvalue weighted by molar-refractivity contribution is -0.00835. The highest BCUT2D eigenvalue weighted by Crippen LogP contribution is 2.15. The lowest BCUT2D eigenvalue weighted by Gasteiger charge is -2.41. The Morgan fingerprint density at radius 3 is 2.40 bits per heavy atom. The molecular weight excluding hydrogens is 431 g/mol. The summed E-state index contributed by atoms with van der Waals surface area (Å²) >= 11 is 0. The van der Waals surface area contributed by atoms with E-state index < -0.39 is 0 Å². The van der Waals surface area contributed by atoms with Crippen LogP contribution in [0.5, 0.6) is 0 Å². The topological polar surface area (TPSA) is 58.1 Å². The number of nitrogens with one attached hydrogen (secondary N) is 2. The summed E-state index contributed by atoms with van der Waals surface area (Å²) in [5, 5.41) is 6.86. The molecule has 1 aliphatic heterocycles. The van der Waals surface area contributed by atoms with Gasteiger partial charge in [-0.05, 0) is 33.1 Å². The van der Waals surface area contributed by atoms with Crippen molar-refractivity contribution in [1.29, 1.82) is 0 Å². The van der Waals surface area contributed by atoms with Gasteiger partial charge in [-0.25, -0.2) is 0 Å². The number of halogens is 1. The first kappa shape index (κ1) is 24.9. The van der Waals surface area contributed by atoms with Crippen LogP contribution in [-0.2, 0) is 9.47 Å². The van der Waals surface area contributed by atoms with E-state index in [1.807, 2.05) is 7.05 Å². The molecule has 0 spiro atoms. The first-order valence-electron chi connectivity index (χ1n) is 9.29. The van der Waals surface area contributed by atoms with Crippen molar-refractivity contribution in [2.24, 2.45) is 10.9 Å². The van der Waals surface area contributed by atoms with Crippen LogP contribution in [0.1, 0.15) is 41.0 Å². The van der Waals surface area contributed by atoms with Gasteiger partial charge in [0.15, 0.2) is 5.96 Å². The summed E-state index contributed by atoms with van der Waals surface area (Å²) in [6.45, 7) is 17.1. The van der Waals surface area contributed by atoms with Gasteiger partial charge in [0.25, 0.3) is 0 Å². The van der Waals surface area contributed by atoms with Gasteiger partial charge in [0.2, 0.25) is 0 Å². The summed E-state index contributed by atoms with van der Waals surface area (Å²) in [7, 11) is 1.82. The van der Waals surface area contributed by atoms with Crippen LogP contribution in [0.3, 0.4) is 0 Å². The third-order valence-electron chi connectivity index (χ3n) is 4.62. The zero-order valence-electron chi connectivity index (χ0n) is 16.9. The molecule has 0 amide bonds. The van der Waals surface area contributed by atoms with Crippen molar-refractivity contribution in [1.82, 2.24) is 15.5 Å². The Morgan fingerprint density at radius 2 is 1.88 bits per heavy atom. The van der Waals surface area contributed by atoms with Gasteiger partial charge in [-0.3, -0.25) is 9.89 Å². The van der Waals surface area contributed by atoms with Crippen molar-refractivity contribution in [3.63, 3.8) is 0 Å². The maximum absolute atomic E-state index is 5.79. The van der Waals surface area contributed by atoms with E-state index in [2.05, 4.69) is 55.1 Å². The Labute approximate surface area is 171 Å². The number of ether oxygens (including phenoxy) is 2. The van der Waals surface area contributed by atoms with Crippen molar-refractivity contribution in [3.8, 4) is 0 Å². The van der Waals surface area contributed by atoms with Crippen LogP contribution >= 0.6 is 24.0 Å². The largest absolute Gasteiger partial charge is 0.379 e. The molecule has 0 aromatic heterocycles. The molecule has 1 heterocycles. The number of nitrogens with zero attached hydrogens (tertiary/aromatic N) is 2. The van der Waals surface area contributed by atoms with E-state index in [1.165, 1.54) is 0 Å². The molecule has 6 nitrogen and oxygen atoms in total. The monoisotopic (exact) mass is 470 g/mol. The molecule has 1 aliphatic rings. The minimum Gasteiger partial charge on any atom is -0.379 e. The van der Waals surface area contributed by atoms with Gasteiger partial charge in [-0.1, -0.05) is 13.8 Å². The molecule has 1 fully saturated rings. The lowest BCUT2D eigenvalue weighted by Crippen LogP contribution is -2.56. The fourth-order valence-electron chi connectivity index (χ4n) is 2.96. The average molecular weight is 470 g/mol. The summed E-state index contributed by atoms with van der Waals surface area (Å²) in [4.78, 5) is 6.81. The summed E-state index contributed by atoms with van der Waals surface area (Å²) in [5.74, 6) is 1.39. The Hall–Kier alpha value is -0.120. The van der Waals surface area contributed by atoms with E-state index in [0.717, 1.165) is 58.4 Å². The highest BCUT2D eigenvalue weighted by atomic mass is 127. The summed E-state index contributed by atoms with van der Waals surface area (Å²) in [6.07, 6.45) is 1.28. The van der Waals surface area contributed by atoms with Crippen molar-refractivity contribution >= 4 is 29.9 Å². The second kappa shape index (κ2) is 13.1. The summed E-state index contributed by atoms with van der Waals surface area (Å²) in [5.41, 5.74) is 0.0766. The molecule has 7 heteroatoms. The summed E-state index contributed by atoms with van der Waals surface area (Å²) in [6, 6.07) is 0. The van der Waals surface area contributed by atoms with Gasteiger partial charge in [0, 0.05) is 45.4 Å². The van der Waals surface area contributed by atoms with Crippen LogP contribution in [0.25, 0.3) is 0 Å². The molecule has 0 aromatic carbocycles. The van der Waals surface area contributed by atoms with Crippen LogP contribution in [-0.4, -0.2) is 75.5 Å². The van der Waals surface area contributed by atoms with E-state index in [9.17, 15) is 0 Å². The second-order valence-electron chi connectivity index (χ2n) is 7.29. The molecule has 1 atom stereocenters. The number of aliphatic imine (C=N–C) groups is 1. The van der Waals surface area contributed by atoms with Gasteiger partial charge in [0.05, 0.1) is 19.3 Å². The molecule has 0 radical (unpaired) electrons. The average Bonchev–Trinajstić information content (AvgIpc) is 2.57. The van der Waals surface area contributed by atoms with Crippen LogP contribution in [0, 0.1) is 5.92 Å². The molecule has 0 aromatic rings. The zero-order valence-corrected chi connectivity index (χ0v) is 19.3. The molecule has 2 N–H and O–H groups in total. The number of morpholine rings is 1. The zero-order chi connectivity index (χ0) is 18.0. The predicted octanol–water partition coefficient (Wildman–Crippen LogP) is 2.33. The molecule has 0 saturated carbocycles. The number of hydrogen-bond donors (Lipinski definition) is 2. The first-order chi connectivity index (χ1) is 11.4. The number of hydrogen-bond acceptors (Lipinski definition) is 4. The molecule has 150 valence electrons. The normalized spacial score (nSPS) is 18.0. The van der Waals surface area contributed by atoms with Crippen molar-refractivity contribution < 1.29 is 9.47 Å². The maximum Gasteiger partial charge on any atom is 0.191 e. The predicted molar refractivity (Wildman–Crippen MR) is 116 cm³/mol. The molecule has 25 heavy (non-hydrogen) atoms. The van der Waals surface area contributed by atoms with Crippen LogP contribution < -0.4 is 10.6 Å². The highest BCUT2D eigenvalue weighted by molar-refractivity contribution is 14.0. The minimum atomic E-state index is 0. The van der Waals surface area contributed by atoms with E-state index >= 15 is 0 Å². The van der Waals surface area contributed by atoms with Crippen molar-refractivity contribution in [2.75, 3.05) is 53.0 Å². The quantitative estimate of drug-likeness (QED) is 0.308. The van der Waals surface area contributed by atoms with Crippen molar-refractivity contribution in [2.45, 2.75) is 52.7 Å². The standard InChI is InChI=1S/C18H38N4O2.HI/c1-7-24-16(15(2)3)8-9-20-17(19-6)21-14-18(4,5)22-10-12-23-13-11-22;/h15-16H,7-14H2,1-6H3,(H2,19,20,21);1H. The molecule has 1 saturated heterocycles. The van der Waals surface area contributed by atoms with Crippen LogP contribution in [0.2, 0.25) is 0 Å². The van der Waals surface area contributed by atoms with Crippen LogP contribution in [0.4, 0.5) is 0 Å². The van der Waals surface area contributed by atoms with E-state index in [1.54, 1.807) is 0 Å². The number of guanidine groups is 1. The fourth-order valence-corrected chi connectivity index (χ4v) is 2.96. The Kier molecular flexibility index (Phi) is 13.0. The highest BCUT2D eigenvalue weighted by Gasteiger charge is 2.28. The van der Waals surface area contributed by atoms with Gasteiger partial charge in [-0.2, -0.15) is 0 Å². The summed E-state index contributed by atoms with van der Waals surface area (Å²) < 4.78 is 11.2. The van der Waals surface area contributed by atoms with Gasteiger partial charge in [0.1, 0.15) is 0 Å².